The molecule has 1 aliphatic heterocycles. The third kappa shape index (κ3) is 5.02. The van der Waals surface area contributed by atoms with Crippen LogP contribution in [-0.4, -0.2) is 47.4 Å². The first-order valence-electron chi connectivity index (χ1n) is 8.22. The summed E-state index contributed by atoms with van der Waals surface area (Å²) in [5.41, 5.74) is 0.584. The molecular formula is C16H23N3O4S. The first kappa shape index (κ1) is 18.4. The van der Waals surface area contributed by atoms with E-state index >= 15 is 0 Å². The number of aromatic nitrogens is 1. The van der Waals surface area contributed by atoms with E-state index < -0.39 is 0 Å². The maximum absolute atomic E-state index is 12.4. The van der Waals surface area contributed by atoms with Crippen LogP contribution in [0.4, 0.5) is 5.13 Å². The lowest BCUT2D eigenvalue weighted by Gasteiger charge is -2.31. The fraction of sp³-hybridized carbons (Fsp3) is 0.625. The van der Waals surface area contributed by atoms with E-state index in [1.54, 1.807) is 17.2 Å². The van der Waals surface area contributed by atoms with Gasteiger partial charge in [-0.2, -0.15) is 0 Å². The van der Waals surface area contributed by atoms with Crippen molar-refractivity contribution >= 4 is 34.3 Å². The number of hydrogen-bond donors (Lipinski definition) is 1. The average molecular weight is 353 g/mol. The molecule has 0 saturated carbocycles. The minimum Gasteiger partial charge on any atom is -0.466 e. The lowest BCUT2D eigenvalue weighted by atomic mass is 9.97. The predicted molar refractivity (Wildman–Crippen MR) is 90.7 cm³/mol. The lowest BCUT2D eigenvalue weighted by Crippen LogP contribution is -2.43. The van der Waals surface area contributed by atoms with Gasteiger partial charge in [0.15, 0.2) is 5.13 Å². The zero-order valence-electron chi connectivity index (χ0n) is 14.0. The van der Waals surface area contributed by atoms with Crippen molar-refractivity contribution in [2.45, 2.75) is 39.5 Å². The molecule has 0 bridgehead atoms. The van der Waals surface area contributed by atoms with Crippen molar-refractivity contribution in [2.24, 2.45) is 5.92 Å². The zero-order chi connectivity index (χ0) is 17.5. The fourth-order valence-electron chi connectivity index (χ4n) is 2.65. The second kappa shape index (κ2) is 8.77. The van der Waals surface area contributed by atoms with Crippen LogP contribution in [0.1, 0.15) is 38.8 Å². The normalized spacial score (nSPS) is 17.4. The van der Waals surface area contributed by atoms with Crippen LogP contribution < -0.4 is 5.32 Å². The molecule has 24 heavy (non-hydrogen) atoms. The van der Waals surface area contributed by atoms with Gasteiger partial charge in [0, 0.05) is 24.9 Å². The summed E-state index contributed by atoms with van der Waals surface area (Å²) in [7, 11) is 0. The van der Waals surface area contributed by atoms with Gasteiger partial charge in [-0.3, -0.25) is 14.4 Å². The number of piperidine rings is 1. The van der Waals surface area contributed by atoms with E-state index in [4.69, 9.17) is 4.74 Å². The summed E-state index contributed by atoms with van der Waals surface area (Å²) in [5, 5.41) is 5.00. The standard InChI is InChI=1S/C16H23N3O4S/c1-3-13(20)19-7-5-6-11(9-19)15(22)18-16-17-12(10-24-16)8-14(21)23-4-2/h10-11H,3-9H2,1-2H3,(H,17,18,22). The summed E-state index contributed by atoms with van der Waals surface area (Å²) in [6, 6.07) is 0. The van der Waals surface area contributed by atoms with Crippen LogP contribution in [0.2, 0.25) is 0 Å². The summed E-state index contributed by atoms with van der Waals surface area (Å²) in [6.45, 7) is 5.09. The Hall–Kier alpha value is -1.96. The number of carbonyl (C=O) groups excluding carboxylic acids is 3. The summed E-state index contributed by atoms with van der Waals surface area (Å²) in [6.07, 6.45) is 2.15. The van der Waals surface area contributed by atoms with Crippen molar-refractivity contribution in [1.29, 1.82) is 0 Å². The molecule has 0 radical (unpaired) electrons. The minimum atomic E-state index is -0.332. The Labute approximate surface area is 145 Å². The van der Waals surface area contributed by atoms with Crippen molar-refractivity contribution in [1.82, 2.24) is 9.88 Å². The Morgan fingerprint density at radius 1 is 1.42 bits per heavy atom. The second-order valence-electron chi connectivity index (χ2n) is 5.65. The van der Waals surface area contributed by atoms with Crippen LogP contribution in [0.5, 0.6) is 0 Å². The fourth-order valence-corrected chi connectivity index (χ4v) is 3.37. The minimum absolute atomic E-state index is 0.0819. The van der Waals surface area contributed by atoms with E-state index in [0.29, 0.717) is 30.4 Å². The summed E-state index contributed by atoms with van der Waals surface area (Å²) in [5.74, 6) is -0.590. The number of hydrogen-bond acceptors (Lipinski definition) is 6. The Bertz CT molecular complexity index is 602. The van der Waals surface area contributed by atoms with Gasteiger partial charge in [-0.1, -0.05) is 6.92 Å². The van der Waals surface area contributed by atoms with Gasteiger partial charge in [-0.05, 0) is 19.8 Å². The third-order valence-electron chi connectivity index (χ3n) is 3.86. The first-order valence-corrected chi connectivity index (χ1v) is 9.10. The molecule has 1 N–H and O–H groups in total. The highest BCUT2D eigenvalue weighted by Gasteiger charge is 2.28. The molecule has 2 heterocycles. The summed E-state index contributed by atoms with van der Waals surface area (Å²) in [4.78, 5) is 41.6. The van der Waals surface area contributed by atoms with E-state index in [2.05, 4.69) is 10.3 Å². The number of carbonyl (C=O) groups is 3. The molecule has 132 valence electrons. The molecule has 1 atom stereocenters. The number of likely N-dealkylation sites (tertiary alicyclic amines) is 1. The number of amides is 2. The van der Waals surface area contributed by atoms with E-state index in [9.17, 15) is 14.4 Å². The number of esters is 1. The molecular weight excluding hydrogens is 330 g/mol. The Morgan fingerprint density at radius 3 is 2.92 bits per heavy atom. The SMILES string of the molecule is CCOC(=O)Cc1csc(NC(=O)C2CCCN(C(=O)CC)C2)n1. The molecule has 8 heteroatoms. The molecule has 1 aromatic heterocycles. The maximum atomic E-state index is 12.4. The van der Waals surface area contributed by atoms with E-state index in [1.807, 2.05) is 6.92 Å². The number of nitrogens with zero attached hydrogens (tertiary/aromatic N) is 2. The smallest absolute Gasteiger partial charge is 0.311 e. The quantitative estimate of drug-likeness (QED) is 0.788. The number of rotatable bonds is 6. The van der Waals surface area contributed by atoms with Gasteiger partial charge in [0.25, 0.3) is 0 Å². The van der Waals surface area contributed by atoms with E-state index in [0.717, 1.165) is 19.4 Å². The van der Waals surface area contributed by atoms with Gasteiger partial charge >= 0.3 is 5.97 Å². The number of thiazole rings is 1. The van der Waals surface area contributed by atoms with E-state index in [1.165, 1.54) is 11.3 Å². The molecule has 2 rings (SSSR count). The molecule has 0 aromatic carbocycles. The number of nitrogens with one attached hydrogen (secondary N) is 1. The highest BCUT2D eigenvalue weighted by molar-refractivity contribution is 7.13. The number of ether oxygens (including phenoxy) is 1. The van der Waals surface area contributed by atoms with Crippen LogP contribution in [0.25, 0.3) is 0 Å². The average Bonchev–Trinajstić information content (AvgIpc) is 3.01. The Kier molecular flexibility index (Phi) is 6.72. The molecule has 7 nitrogen and oxygen atoms in total. The van der Waals surface area contributed by atoms with Gasteiger partial charge in [0.2, 0.25) is 11.8 Å². The summed E-state index contributed by atoms with van der Waals surface area (Å²) >= 11 is 1.28. The van der Waals surface area contributed by atoms with Gasteiger partial charge in [-0.25, -0.2) is 4.98 Å². The van der Waals surface area contributed by atoms with Crippen LogP contribution in [0, 0.1) is 5.92 Å². The Balaban J connectivity index is 1.89. The van der Waals surface area contributed by atoms with Gasteiger partial charge < -0.3 is 15.0 Å². The topological polar surface area (TPSA) is 88.6 Å². The summed E-state index contributed by atoms with van der Waals surface area (Å²) < 4.78 is 4.88. The van der Waals surface area contributed by atoms with Crippen LogP contribution >= 0.6 is 11.3 Å². The highest BCUT2D eigenvalue weighted by Crippen LogP contribution is 2.21. The molecule has 1 aliphatic rings. The van der Waals surface area contributed by atoms with Crippen molar-refractivity contribution < 1.29 is 19.1 Å². The zero-order valence-corrected chi connectivity index (χ0v) is 14.9. The molecule has 1 unspecified atom stereocenters. The maximum Gasteiger partial charge on any atom is 0.311 e. The lowest BCUT2D eigenvalue weighted by molar-refractivity contribution is -0.142. The van der Waals surface area contributed by atoms with Crippen molar-refractivity contribution in [3.8, 4) is 0 Å². The van der Waals surface area contributed by atoms with Crippen LogP contribution in [0.3, 0.4) is 0 Å². The Morgan fingerprint density at radius 2 is 2.21 bits per heavy atom. The number of anilines is 1. The predicted octanol–water partition coefficient (Wildman–Crippen LogP) is 1.84. The van der Waals surface area contributed by atoms with Crippen molar-refractivity contribution in [2.75, 3.05) is 25.0 Å². The molecule has 1 saturated heterocycles. The third-order valence-corrected chi connectivity index (χ3v) is 4.67. The van der Waals surface area contributed by atoms with Crippen LogP contribution in [0.15, 0.2) is 5.38 Å². The largest absolute Gasteiger partial charge is 0.466 e. The van der Waals surface area contributed by atoms with Gasteiger partial charge in [0.1, 0.15) is 0 Å². The van der Waals surface area contributed by atoms with E-state index in [-0.39, 0.29) is 30.1 Å². The molecule has 2 amide bonds. The van der Waals surface area contributed by atoms with Crippen LogP contribution in [-0.2, 0) is 25.5 Å². The molecule has 0 spiro atoms. The second-order valence-corrected chi connectivity index (χ2v) is 6.51. The van der Waals surface area contributed by atoms with Gasteiger partial charge in [0.05, 0.1) is 24.6 Å². The monoisotopic (exact) mass is 353 g/mol. The highest BCUT2D eigenvalue weighted by atomic mass is 32.1. The van der Waals surface area contributed by atoms with Gasteiger partial charge in [-0.15, -0.1) is 11.3 Å². The van der Waals surface area contributed by atoms with Crippen molar-refractivity contribution in [3.63, 3.8) is 0 Å². The molecule has 1 aromatic rings. The molecule has 0 aliphatic carbocycles. The van der Waals surface area contributed by atoms with Crippen molar-refractivity contribution in [3.05, 3.63) is 11.1 Å². The first-order chi connectivity index (χ1) is 11.5. The molecule has 1 fully saturated rings.